The zero-order valence-electron chi connectivity index (χ0n) is 6.29. The van der Waals surface area contributed by atoms with Gasteiger partial charge in [-0.15, -0.1) is 0 Å². The van der Waals surface area contributed by atoms with Crippen LogP contribution in [0.15, 0.2) is 11.6 Å². The minimum atomic E-state index is -0.902. The van der Waals surface area contributed by atoms with E-state index in [1.165, 1.54) is 6.08 Å². The predicted octanol–water partition coefficient (Wildman–Crippen LogP) is 0.790. The quantitative estimate of drug-likeness (QED) is 0.581. The van der Waals surface area contributed by atoms with Crippen LogP contribution in [0.4, 0.5) is 0 Å². The Morgan fingerprint density at radius 3 is 3.00 bits per heavy atom. The number of aliphatic hydroxyl groups is 1. The van der Waals surface area contributed by atoms with Crippen molar-refractivity contribution < 1.29 is 15.0 Å². The van der Waals surface area contributed by atoms with Crippen molar-refractivity contribution in [3.05, 3.63) is 11.6 Å². The zero-order valence-corrected chi connectivity index (χ0v) is 6.29. The first-order valence-electron chi connectivity index (χ1n) is 3.78. The third-order valence-electron chi connectivity index (χ3n) is 2.07. The number of carboxylic acid groups (broad SMARTS) is 1. The largest absolute Gasteiger partial charge is 0.478 e. The van der Waals surface area contributed by atoms with E-state index in [4.69, 9.17) is 10.2 Å². The molecule has 1 rings (SSSR count). The summed E-state index contributed by atoms with van der Waals surface area (Å²) in [7, 11) is 0. The highest BCUT2D eigenvalue weighted by Gasteiger charge is 2.20. The lowest BCUT2D eigenvalue weighted by Gasteiger charge is -2.05. The molecule has 0 aromatic heterocycles. The molecule has 11 heavy (non-hydrogen) atoms. The van der Waals surface area contributed by atoms with Gasteiger partial charge in [-0.05, 0) is 19.3 Å². The van der Waals surface area contributed by atoms with Gasteiger partial charge in [0.05, 0.1) is 0 Å². The lowest BCUT2D eigenvalue weighted by Crippen LogP contribution is -2.04. The fourth-order valence-corrected chi connectivity index (χ4v) is 1.50. The van der Waals surface area contributed by atoms with Crippen LogP contribution in [0, 0.1) is 5.92 Å². The van der Waals surface area contributed by atoms with Crippen LogP contribution < -0.4 is 0 Å². The van der Waals surface area contributed by atoms with E-state index in [0.29, 0.717) is 0 Å². The highest BCUT2D eigenvalue weighted by atomic mass is 16.4. The van der Waals surface area contributed by atoms with E-state index in [2.05, 4.69) is 0 Å². The molecule has 0 aromatic carbocycles. The molecule has 1 saturated carbocycles. The third kappa shape index (κ3) is 2.05. The third-order valence-corrected chi connectivity index (χ3v) is 2.07. The first kappa shape index (κ1) is 8.27. The summed E-state index contributed by atoms with van der Waals surface area (Å²) in [5.41, 5.74) is 0.889. The molecule has 0 aromatic rings. The second-order valence-corrected chi connectivity index (χ2v) is 2.83. The van der Waals surface area contributed by atoms with E-state index < -0.39 is 5.97 Å². The minimum Gasteiger partial charge on any atom is -0.478 e. The Morgan fingerprint density at radius 2 is 2.45 bits per heavy atom. The van der Waals surface area contributed by atoms with Crippen molar-refractivity contribution in [2.24, 2.45) is 5.92 Å². The molecule has 0 radical (unpaired) electrons. The summed E-state index contributed by atoms with van der Waals surface area (Å²) in [6, 6.07) is 0. The first-order valence-corrected chi connectivity index (χ1v) is 3.78. The number of aliphatic carboxylic acids is 1. The second-order valence-electron chi connectivity index (χ2n) is 2.83. The van der Waals surface area contributed by atoms with E-state index in [-0.39, 0.29) is 12.5 Å². The van der Waals surface area contributed by atoms with Gasteiger partial charge in [0.1, 0.15) is 0 Å². The molecular formula is C8H12O3. The summed E-state index contributed by atoms with van der Waals surface area (Å²) in [5, 5.41) is 17.2. The Hall–Kier alpha value is -0.830. The van der Waals surface area contributed by atoms with Crippen molar-refractivity contribution in [3.8, 4) is 0 Å². The summed E-state index contributed by atoms with van der Waals surface area (Å²) < 4.78 is 0. The second kappa shape index (κ2) is 3.53. The molecule has 1 atom stereocenters. The van der Waals surface area contributed by atoms with E-state index in [1.807, 2.05) is 0 Å². The molecular weight excluding hydrogens is 144 g/mol. The van der Waals surface area contributed by atoms with Crippen LogP contribution in [0.25, 0.3) is 0 Å². The molecule has 0 spiro atoms. The van der Waals surface area contributed by atoms with Crippen molar-refractivity contribution in [1.82, 2.24) is 0 Å². The number of carbonyl (C=O) groups is 1. The van der Waals surface area contributed by atoms with Gasteiger partial charge < -0.3 is 10.2 Å². The molecule has 0 amide bonds. The number of aliphatic hydroxyl groups excluding tert-OH is 1. The van der Waals surface area contributed by atoms with Crippen LogP contribution in [0.3, 0.4) is 0 Å². The number of hydrogen-bond acceptors (Lipinski definition) is 2. The number of hydrogen-bond donors (Lipinski definition) is 2. The van der Waals surface area contributed by atoms with Crippen LogP contribution in [0.5, 0.6) is 0 Å². The van der Waals surface area contributed by atoms with Gasteiger partial charge in [-0.25, -0.2) is 4.79 Å². The maximum absolute atomic E-state index is 10.3. The number of rotatable bonds is 2. The van der Waals surface area contributed by atoms with Crippen LogP contribution in [-0.2, 0) is 4.79 Å². The highest BCUT2D eigenvalue weighted by molar-refractivity contribution is 5.80. The SMILES string of the molecule is O=C(O)C=C1CCCC1CO. The van der Waals surface area contributed by atoms with Gasteiger partial charge in [0.2, 0.25) is 0 Å². The van der Waals surface area contributed by atoms with Crippen LogP contribution in [0.1, 0.15) is 19.3 Å². The normalized spacial score (nSPS) is 27.7. The Balaban J connectivity index is 2.63. The van der Waals surface area contributed by atoms with Gasteiger partial charge >= 0.3 is 5.97 Å². The highest BCUT2D eigenvalue weighted by Crippen LogP contribution is 2.30. The van der Waals surface area contributed by atoms with Crippen molar-refractivity contribution in [2.45, 2.75) is 19.3 Å². The molecule has 1 unspecified atom stereocenters. The van der Waals surface area contributed by atoms with Gasteiger partial charge in [0, 0.05) is 18.6 Å². The maximum atomic E-state index is 10.3. The smallest absolute Gasteiger partial charge is 0.328 e. The van der Waals surface area contributed by atoms with Gasteiger partial charge in [0.25, 0.3) is 0 Å². The monoisotopic (exact) mass is 156 g/mol. The maximum Gasteiger partial charge on any atom is 0.328 e. The van der Waals surface area contributed by atoms with E-state index in [9.17, 15) is 4.79 Å². The molecule has 3 heteroatoms. The molecule has 0 saturated heterocycles. The first-order chi connectivity index (χ1) is 5.24. The minimum absolute atomic E-state index is 0.0825. The van der Waals surface area contributed by atoms with Gasteiger partial charge in [0.15, 0.2) is 0 Å². The molecule has 62 valence electrons. The fraction of sp³-hybridized carbons (Fsp3) is 0.625. The van der Waals surface area contributed by atoms with Crippen molar-refractivity contribution in [2.75, 3.05) is 6.61 Å². The predicted molar refractivity (Wildman–Crippen MR) is 40.1 cm³/mol. The summed E-state index contributed by atoms with van der Waals surface area (Å²) >= 11 is 0. The average Bonchev–Trinajstić information content (AvgIpc) is 2.34. The van der Waals surface area contributed by atoms with Crippen LogP contribution in [0.2, 0.25) is 0 Å². The zero-order chi connectivity index (χ0) is 8.27. The van der Waals surface area contributed by atoms with Gasteiger partial charge in [-0.1, -0.05) is 5.57 Å². The molecule has 0 aliphatic heterocycles. The van der Waals surface area contributed by atoms with E-state index in [1.54, 1.807) is 0 Å². The van der Waals surface area contributed by atoms with Crippen LogP contribution >= 0.6 is 0 Å². The van der Waals surface area contributed by atoms with Crippen LogP contribution in [-0.4, -0.2) is 22.8 Å². The molecule has 3 nitrogen and oxygen atoms in total. The molecule has 1 aliphatic carbocycles. The summed E-state index contributed by atoms with van der Waals surface area (Å²) in [6.45, 7) is 0.0825. The van der Waals surface area contributed by atoms with E-state index in [0.717, 1.165) is 24.8 Å². The fourth-order valence-electron chi connectivity index (χ4n) is 1.50. The Kier molecular flexibility index (Phi) is 2.65. The molecule has 1 aliphatic rings. The van der Waals surface area contributed by atoms with E-state index >= 15 is 0 Å². The topological polar surface area (TPSA) is 57.5 Å². The average molecular weight is 156 g/mol. The summed E-state index contributed by atoms with van der Waals surface area (Å²) in [4.78, 5) is 10.3. The molecule has 1 fully saturated rings. The van der Waals surface area contributed by atoms with Gasteiger partial charge in [-0.2, -0.15) is 0 Å². The standard InChI is InChI=1S/C8H12O3/c9-5-7-3-1-2-6(7)4-8(10)11/h4,7,9H,1-3,5H2,(H,10,11). The molecule has 0 heterocycles. The Bertz CT molecular complexity index is 184. The number of carboxylic acids is 1. The summed E-state index contributed by atoms with van der Waals surface area (Å²) in [6.07, 6.45) is 3.99. The lowest BCUT2D eigenvalue weighted by atomic mass is 10.0. The van der Waals surface area contributed by atoms with Crippen molar-refractivity contribution in [3.63, 3.8) is 0 Å². The summed E-state index contributed by atoms with van der Waals surface area (Å²) in [5.74, 6) is -0.800. The van der Waals surface area contributed by atoms with Crippen molar-refractivity contribution in [1.29, 1.82) is 0 Å². The Morgan fingerprint density at radius 1 is 1.73 bits per heavy atom. The molecule has 2 N–H and O–H groups in total. The molecule has 0 bridgehead atoms. The lowest BCUT2D eigenvalue weighted by molar-refractivity contribution is -0.131. The Labute approximate surface area is 65.3 Å². The van der Waals surface area contributed by atoms with Crippen molar-refractivity contribution >= 4 is 5.97 Å². The van der Waals surface area contributed by atoms with Gasteiger partial charge in [-0.3, -0.25) is 0 Å².